The Morgan fingerprint density at radius 1 is 0.361 bits per heavy atom. The Morgan fingerprint density at radius 2 is 0.639 bits per heavy atom. The molecule has 2 aromatic carbocycles. The molecule has 2 aromatic heterocycles. The molecule has 4 aromatic rings. The second-order valence-corrected chi connectivity index (χ2v) is 12.5. The first-order chi connectivity index (χ1) is 16.8. The fourth-order valence-corrected chi connectivity index (χ4v) is 5.45. The van der Waals surface area contributed by atoms with Gasteiger partial charge >= 0.3 is 0 Å². The molecule has 8 bridgehead atoms. The van der Waals surface area contributed by atoms with Crippen LogP contribution in [0.3, 0.4) is 0 Å². The number of hydrogen-bond donors (Lipinski definition) is 0. The number of rotatable bonds is 0. The molecule has 5 rings (SSSR count). The van der Waals surface area contributed by atoms with E-state index in [-0.39, 0.29) is 21.7 Å². The Kier molecular flexibility index (Phi) is 5.52. The van der Waals surface area contributed by atoms with Gasteiger partial charge in [-0.1, -0.05) is 102 Å². The van der Waals surface area contributed by atoms with Crippen LogP contribution in [0.15, 0.2) is 84.9 Å². The van der Waals surface area contributed by atoms with E-state index in [0.717, 1.165) is 22.8 Å². The van der Waals surface area contributed by atoms with Crippen molar-refractivity contribution in [3.8, 4) is 0 Å². The summed E-state index contributed by atoms with van der Waals surface area (Å²) in [6.07, 6.45) is 0. The van der Waals surface area contributed by atoms with Gasteiger partial charge in [-0.2, -0.15) is 0 Å². The second kappa shape index (κ2) is 8.13. The van der Waals surface area contributed by atoms with E-state index in [1.54, 1.807) is 0 Å². The molecule has 0 amide bonds. The maximum absolute atomic E-state index is 5.27. The summed E-state index contributed by atoms with van der Waals surface area (Å²) >= 11 is 0. The summed E-state index contributed by atoms with van der Waals surface area (Å²) in [5, 5.41) is 0. The zero-order valence-electron chi connectivity index (χ0n) is 23.0. The first-order valence-corrected chi connectivity index (χ1v) is 13.0. The van der Waals surface area contributed by atoms with Crippen LogP contribution in [0.1, 0.15) is 100 Å². The first kappa shape index (κ1) is 24.4. The smallest absolute Gasteiger partial charge is 0.0523 e. The van der Waals surface area contributed by atoms with Gasteiger partial charge in [-0.3, -0.25) is 9.97 Å². The number of pyridine rings is 2. The summed E-state index contributed by atoms with van der Waals surface area (Å²) in [7, 11) is 0. The van der Waals surface area contributed by atoms with Crippen molar-refractivity contribution in [2.24, 2.45) is 0 Å². The maximum Gasteiger partial charge on any atom is 0.0523 e. The second-order valence-electron chi connectivity index (χ2n) is 12.5. The van der Waals surface area contributed by atoms with Crippen LogP contribution in [-0.4, -0.2) is 9.97 Å². The molecule has 0 fully saturated rings. The zero-order chi connectivity index (χ0) is 25.9. The predicted octanol–water partition coefficient (Wildman–Crippen LogP) is 8.09. The molecule has 0 saturated carbocycles. The molecule has 0 aliphatic carbocycles. The largest absolute Gasteiger partial charge is 0.256 e. The first-order valence-electron chi connectivity index (χ1n) is 13.0. The lowest BCUT2D eigenvalue weighted by Gasteiger charge is -2.34. The summed E-state index contributed by atoms with van der Waals surface area (Å²) < 4.78 is 0. The Balaban J connectivity index is 1.84. The lowest BCUT2D eigenvalue weighted by Crippen LogP contribution is -2.29. The van der Waals surface area contributed by atoms with E-state index in [9.17, 15) is 0 Å². The van der Waals surface area contributed by atoms with Crippen molar-refractivity contribution in [2.75, 3.05) is 0 Å². The summed E-state index contributed by atoms with van der Waals surface area (Å²) in [4.78, 5) is 10.5. The fraction of sp³-hybridized carbons (Fsp3) is 0.353. The quantitative estimate of drug-likeness (QED) is 0.257. The van der Waals surface area contributed by atoms with Gasteiger partial charge < -0.3 is 0 Å². The van der Waals surface area contributed by atoms with Crippen molar-refractivity contribution in [3.63, 3.8) is 0 Å². The van der Waals surface area contributed by atoms with Crippen LogP contribution in [0, 0.1) is 0 Å². The standard InChI is InChI=1S/C34H38N2/c1-31(2)23-13-9-15-25(21-23)32(3,4)27-17-11-19-29(35-27)34(7,8)30-20-12-18-28(36-30)33(5,6)26-16-10-14-24(31)22-26/h9-22H,1-8H3. The summed E-state index contributed by atoms with van der Waals surface area (Å²) in [6, 6.07) is 31.1. The molecule has 0 N–H and O–H groups in total. The number of fused-ring (bicyclic) bond motifs is 8. The van der Waals surface area contributed by atoms with Gasteiger partial charge in [-0.15, -0.1) is 0 Å². The van der Waals surface area contributed by atoms with Crippen molar-refractivity contribution in [1.82, 2.24) is 9.97 Å². The third-order valence-corrected chi connectivity index (χ3v) is 8.67. The maximum atomic E-state index is 5.27. The highest BCUT2D eigenvalue weighted by molar-refractivity contribution is 5.47. The van der Waals surface area contributed by atoms with Crippen molar-refractivity contribution in [2.45, 2.75) is 77.0 Å². The Bertz CT molecular complexity index is 1130. The van der Waals surface area contributed by atoms with Crippen molar-refractivity contribution >= 4 is 0 Å². The summed E-state index contributed by atoms with van der Waals surface area (Å²) in [6.45, 7) is 18.2. The highest BCUT2D eigenvalue weighted by Gasteiger charge is 2.34. The lowest BCUT2D eigenvalue weighted by atomic mass is 9.72. The van der Waals surface area contributed by atoms with Crippen LogP contribution in [0.25, 0.3) is 0 Å². The minimum atomic E-state index is -0.332. The molecular weight excluding hydrogens is 436 g/mol. The molecule has 0 spiro atoms. The average Bonchev–Trinajstić information content (AvgIpc) is 2.88. The van der Waals surface area contributed by atoms with Gasteiger partial charge in [0.15, 0.2) is 0 Å². The number of hydrogen-bond acceptors (Lipinski definition) is 2. The molecule has 3 heterocycles. The summed E-state index contributed by atoms with van der Waals surface area (Å²) in [5.74, 6) is 0. The van der Waals surface area contributed by atoms with Gasteiger partial charge in [0.25, 0.3) is 0 Å². The van der Waals surface area contributed by atoms with Crippen LogP contribution < -0.4 is 0 Å². The number of nitrogens with zero attached hydrogens (tertiary/aromatic N) is 2. The topological polar surface area (TPSA) is 25.8 Å². The van der Waals surface area contributed by atoms with Crippen molar-refractivity contribution in [1.29, 1.82) is 0 Å². The number of aromatic nitrogens is 2. The van der Waals surface area contributed by atoms with Crippen molar-refractivity contribution < 1.29 is 0 Å². The van der Waals surface area contributed by atoms with Crippen LogP contribution >= 0.6 is 0 Å². The van der Waals surface area contributed by atoms with E-state index in [1.807, 2.05) is 0 Å². The molecule has 0 saturated heterocycles. The molecule has 2 heteroatoms. The lowest BCUT2D eigenvalue weighted by molar-refractivity contribution is 0.547. The average molecular weight is 475 g/mol. The zero-order valence-corrected chi connectivity index (χ0v) is 23.0. The van der Waals surface area contributed by atoms with Gasteiger partial charge in [0.2, 0.25) is 0 Å². The predicted molar refractivity (Wildman–Crippen MR) is 150 cm³/mol. The third-order valence-electron chi connectivity index (χ3n) is 8.67. The van der Waals surface area contributed by atoms with E-state index >= 15 is 0 Å². The third kappa shape index (κ3) is 3.79. The van der Waals surface area contributed by atoms with Crippen molar-refractivity contribution in [3.05, 3.63) is 130 Å². The Morgan fingerprint density at radius 3 is 1.00 bits per heavy atom. The molecule has 36 heavy (non-hydrogen) atoms. The van der Waals surface area contributed by atoms with Gasteiger partial charge in [0.05, 0.1) is 22.8 Å². The molecule has 0 radical (unpaired) electrons. The highest BCUT2D eigenvalue weighted by atomic mass is 14.8. The highest BCUT2D eigenvalue weighted by Crippen LogP contribution is 2.40. The van der Waals surface area contributed by atoms with E-state index < -0.39 is 0 Å². The monoisotopic (exact) mass is 474 g/mol. The van der Waals surface area contributed by atoms with Crippen LogP contribution in [0.4, 0.5) is 0 Å². The van der Waals surface area contributed by atoms with Crippen LogP contribution in [-0.2, 0) is 21.7 Å². The Hall–Kier alpha value is -3.26. The molecular formula is C34H38N2. The molecule has 0 unspecified atom stereocenters. The molecule has 184 valence electrons. The van der Waals surface area contributed by atoms with Gasteiger partial charge in [-0.05, 0) is 60.4 Å². The van der Waals surface area contributed by atoms with E-state index in [4.69, 9.17) is 9.97 Å². The fourth-order valence-electron chi connectivity index (χ4n) is 5.45. The molecule has 1 aliphatic rings. The molecule has 2 nitrogen and oxygen atoms in total. The van der Waals surface area contributed by atoms with E-state index in [2.05, 4.69) is 140 Å². The minimum absolute atomic E-state index is 0.151. The van der Waals surface area contributed by atoms with Gasteiger partial charge in [0, 0.05) is 21.7 Å². The van der Waals surface area contributed by atoms with Gasteiger partial charge in [0.1, 0.15) is 0 Å². The van der Waals surface area contributed by atoms with Crippen LogP contribution in [0.5, 0.6) is 0 Å². The minimum Gasteiger partial charge on any atom is -0.256 e. The Labute approximate surface area is 216 Å². The molecule has 0 atom stereocenters. The molecule has 1 aliphatic heterocycles. The number of benzene rings is 2. The van der Waals surface area contributed by atoms with E-state index in [0.29, 0.717) is 0 Å². The van der Waals surface area contributed by atoms with Crippen LogP contribution in [0.2, 0.25) is 0 Å². The normalized spacial score (nSPS) is 18.9. The van der Waals surface area contributed by atoms with Gasteiger partial charge in [-0.25, -0.2) is 0 Å². The SMILES string of the molecule is CC1(C)c2cccc(c2)C(C)(C)c2cccc(n2)C(C)(C)c2cccc(n2)C(C)(C)c2cccc1c2. The summed E-state index contributed by atoms with van der Waals surface area (Å²) in [5.41, 5.74) is 8.45. The van der Waals surface area contributed by atoms with E-state index in [1.165, 1.54) is 22.3 Å².